The van der Waals surface area contributed by atoms with Crippen molar-refractivity contribution in [3.05, 3.63) is 48.0 Å². The summed E-state index contributed by atoms with van der Waals surface area (Å²) in [5.74, 6) is 1.14. The lowest BCUT2D eigenvalue weighted by molar-refractivity contribution is -0.119. The molecular weight excluding hydrogens is 396 g/mol. The minimum atomic E-state index is -3.66. The number of benzene rings is 2. The van der Waals surface area contributed by atoms with Crippen LogP contribution in [0.25, 0.3) is 0 Å². The monoisotopic (exact) mass is 420 g/mol. The lowest BCUT2D eigenvalue weighted by atomic mass is 10.2. The number of rotatable bonds is 9. The van der Waals surface area contributed by atoms with Crippen molar-refractivity contribution in [2.75, 3.05) is 36.5 Å². The highest BCUT2D eigenvalue weighted by molar-refractivity contribution is 7.92. The van der Waals surface area contributed by atoms with E-state index < -0.39 is 15.9 Å². The predicted octanol–water partition coefficient (Wildman–Crippen LogP) is 2.08. The molecule has 0 aromatic heterocycles. The summed E-state index contributed by atoms with van der Waals surface area (Å²) in [5.41, 5.74) is 1.48. The van der Waals surface area contributed by atoms with Gasteiger partial charge >= 0.3 is 0 Å². The van der Waals surface area contributed by atoms with Crippen LogP contribution in [0.3, 0.4) is 0 Å². The molecule has 2 aromatic carbocycles. The lowest BCUT2D eigenvalue weighted by Crippen LogP contribution is -2.42. The minimum absolute atomic E-state index is 0.0841. The van der Waals surface area contributed by atoms with E-state index in [0.29, 0.717) is 22.9 Å². The molecule has 0 saturated heterocycles. The molecule has 8 nitrogen and oxygen atoms in total. The molecule has 0 radical (unpaired) electrons. The number of amides is 1. The lowest BCUT2D eigenvalue weighted by Gasteiger charge is -2.23. The van der Waals surface area contributed by atoms with Crippen LogP contribution in [0, 0.1) is 6.92 Å². The van der Waals surface area contributed by atoms with Crippen LogP contribution in [0.2, 0.25) is 0 Å². The first kappa shape index (κ1) is 20.8. The van der Waals surface area contributed by atoms with Gasteiger partial charge < -0.3 is 19.5 Å². The van der Waals surface area contributed by atoms with Crippen molar-refractivity contribution in [3.63, 3.8) is 0 Å². The maximum absolute atomic E-state index is 12.5. The van der Waals surface area contributed by atoms with Gasteiger partial charge in [0.05, 0.1) is 18.0 Å². The van der Waals surface area contributed by atoms with Gasteiger partial charge in [0, 0.05) is 6.07 Å². The minimum Gasteiger partial charge on any atom is -0.492 e. The first-order valence-electron chi connectivity index (χ1n) is 9.25. The molecule has 0 aliphatic carbocycles. The van der Waals surface area contributed by atoms with Crippen molar-refractivity contribution in [2.24, 2.45) is 0 Å². The Kier molecular flexibility index (Phi) is 6.48. The van der Waals surface area contributed by atoms with E-state index in [1.165, 1.54) is 6.92 Å². The average molecular weight is 420 g/mol. The SMILES string of the molecule is CCS(=O)(=O)N(CC(=O)NCCOc1ccc(C)cc1)c1ccc2c(c1)OCO2. The molecule has 0 fully saturated rings. The third kappa shape index (κ3) is 5.32. The van der Waals surface area contributed by atoms with E-state index in [-0.39, 0.29) is 32.2 Å². The maximum atomic E-state index is 12.5. The molecule has 0 saturated carbocycles. The maximum Gasteiger partial charge on any atom is 0.240 e. The van der Waals surface area contributed by atoms with Crippen LogP contribution >= 0.6 is 0 Å². The molecule has 0 unspecified atom stereocenters. The van der Waals surface area contributed by atoms with Crippen molar-refractivity contribution in [1.82, 2.24) is 5.32 Å². The molecule has 3 rings (SSSR count). The highest BCUT2D eigenvalue weighted by Gasteiger charge is 2.25. The van der Waals surface area contributed by atoms with Crippen molar-refractivity contribution in [1.29, 1.82) is 0 Å². The number of carbonyl (C=O) groups excluding carboxylic acids is 1. The molecule has 1 aliphatic heterocycles. The van der Waals surface area contributed by atoms with Gasteiger partial charge in [-0.1, -0.05) is 17.7 Å². The normalized spacial score (nSPS) is 12.5. The Morgan fingerprint density at radius 3 is 2.59 bits per heavy atom. The molecule has 1 amide bonds. The zero-order valence-electron chi connectivity index (χ0n) is 16.4. The topological polar surface area (TPSA) is 94.2 Å². The van der Waals surface area contributed by atoms with Gasteiger partial charge in [-0.2, -0.15) is 0 Å². The van der Waals surface area contributed by atoms with Gasteiger partial charge in [0.2, 0.25) is 22.7 Å². The molecule has 1 N–H and O–H groups in total. The number of nitrogens with zero attached hydrogens (tertiary/aromatic N) is 1. The van der Waals surface area contributed by atoms with Gasteiger partial charge in [0.25, 0.3) is 0 Å². The summed E-state index contributed by atoms with van der Waals surface area (Å²) in [6.07, 6.45) is 0. The number of sulfonamides is 1. The Balaban J connectivity index is 1.59. The van der Waals surface area contributed by atoms with E-state index in [2.05, 4.69) is 5.32 Å². The van der Waals surface area contributed by atoms with Gasteiger partial charge in [-0.25, -0.2) is 8.42 Å². The van der Waals surface area contributed by atoms with Crippen LogP contribution in [0.15, 0.2) is 42.5 Å². The van der Waals surface area contributed by atoms with E-state index in [0.717, 1.165) is 9.87 Å². The van der Waals surface area contributed by atoms with E-state index in [9.17, 15) is 13.2 Å². The number of aryl methyl sites for hydroxylation is 1. The summed E-state index contributed by atoms with van der Waals surface area (Å²) in [7, 11) is -3.66. The van der Waals surface area contributed by atoms with Gasteiger partial charge in [-0.3, -0.25) is 9.10 Å². The van der Waals surface area contributed by atoms with E-state index in [4.69, 9.17) is 14.2 Å². The number of nitrogens with one attached hydrogen (secondary N) is 1. The Labute approximate surface area is 170 Å². The van der Waals surface area contributed by atoms with Crippen LogP contribution in [0.5, 0.6) is 17.2 Å². The smallest absolute Gasteiger partial charge is 0.240 e. The molecule has 0 bridgehead atoms. The number of ether oxygens (including phenoxy) is 3. The Bertz CT molecular complexity index is 959. The van der Waals surface area contributed by atoms with E-state index >= 15 is 0 Å². The number of carbonyl (C=O) groups is 1. The molecular formula is C20H24N2O6S. The predicted molar refractivity (Wildman–Crippen MR) is 109 cm³/mol. The van der Waals surface area contributed by atoms with Crippen molar-refractivity contribution >= 4 is 21.6 Å². The van der Waals surface area contributed by atoms with Crippen LogP contribution in [0.1, 0.15) is 12.5 Å². The molecule has 29 heavy (non-hydrogen) atoms. The number of hydrogen-bond donors (Lipinski definition) is 1. The first-order valence-corrected chi connectivity index (χ1v) is 10.9. The average Bonchev–Trinajstić information content (AvgIpc) is 3.18. The first-order chi connectivity index (χ1) is 13.9. The van der Waals surface area contributed by atoms with Gasteiger partial charge in [0.1, 0.15) is 18.9 Å². The summed E-state index contributed by atoms with van der Waals surface area (Å²) in [6.45, 7) is 3.80. The van der Waals surface area contributed by atoms with Crippen LogP contribution in [0.4, 0.5) is 5.69 Å². The fourth-order valence-electron chi connectivity index (χ4n) is 2.73. The number of anilines is 1. The summed E-state index contributed by atoms with van der Waals surface area (Å²) < 4.78 is 42.3. The molecule has 0 spiro atoms. The van der Waals surface area contributed by atoms with Crippen LogP contribution in [-0.2, 0) is 14.8 Å². The number of hydrogen-bond acceptors (Lipinski definition) is 6. The molecule has 9 heteroatoms. The van der Waals surface area contributed by atoms with E-state index in [1.807, 2.05) is 31.2 Å². The summed E-state index contributed by atoms with van der Waals surface area (Å²) >= 11 is 0. The summed E-state index contributed by atoms with van der Waals surface area (Å²) in [4.78, 5) is 12.4. The second-order valence-corrected chi connectivity index (χ2v) is 8.64. The standard InChI is InChI=1S/C20H24N2O6S/c1-3-29(24,25)22(16-6-9-18-19(12-16)28-14-27-18)13-20(23)21-10-11-26-17-7-4-15(2)5-8-17/h4-9,12H,3,10-11,13-14H2,1-2H3,(H,21,23). The third-order valence-corrected chi connectivity index (χ3v) is 6.09. The molecule has 0 atom stereocenters. The van der Waals surface area contributed by atoms with Gasteiger partial charge in [0.15, 0.2) is 11.5 Å². The Morgan fingerprint density at radius 1 is 1.14 bits per heavy atom. The van der Waals surface area contributed by atoms with Crippen LogP contribution < -0.4 is 23.8 Å². The second kappa shape index (κ2) is 9.04. The molecule has 1 heterocycles. The van der Waals surface area contributed by atoms with Gasteiger partial charge in [-0.05, 0) is 38.1 Å². The molecule has 156 valence electrons. The fraction of sp³-hybridized carbons (Fsp3) is 0.350. The van der Waals surface area contributed by atoms with Crippen molar-refractivity contribution in [2.45, 2.75) is 13.8 Å². The zero-order chi connectivity index (χ0) is 20.9. The summed E-state index contributed by atoms with van der Waals surface area (Å²) in [5, 5.41) is 2.69. The number of fused-ring (bicyclic) bond motifs is 1. The fourth-order valence-corrected chi connectivity index (χ4v) is 3.79. The van der Waals surface area contributed by atoms with Gasteiger partial charge in [-0.15, -0.1) is 0 Å². The molecule has 2 aromatic rings. The Morgan fingerprint density at radius 2 is 1.86 bits per heavy atom. The van der Waals surface area contributed by atoms with Crippen molar-refractivity contribution in [3.8, 4) is 17.2 Å². The zero-order valence-corrected chi connectivity index (χ0v) is 17.2. The highest BCUT2D eigenvalue weighted by Crippen LogP contribution is 2.36. The van der Waals surface area contributed by atoms with Crippen LogP contribution in [-0.4, -0.2) is 46.6 Å². The summed E-state index contributed by atoms with van der Waals surface area (Å²) in [6, 6.07) is 12.4. The van der Waals surface area contributed by atoms with E-state index in [1.54, 1.807) is 18.2 Å². The highest BCUT2D eigenvalue weighted by atomic mass is 32.2. The quantitative estimate of drug-likeness (QED) is 0.624. The van der Waals surface area contributed by atoms with Crippen molar-refractivity contribution < 1.29 is 27.4 Å². The Hall–Kier alpha value is -2.94. The third-order valence-electron chi connectivity index (χ3n) is 4.35. The largest absolute Gasteiger partial charge is 0.492 e. The molecule has 1 aliphatic rings. The second-order valence-electron chi connectivity index (χ2n) is 6.46.